The van der Waals surface area contributed by atoms with E-state index < -0.39 is 221 Å². The maximum absolute atomic E-state index is 15.0. The summed E-state index contributed by atoms with van der Waals surface area (Å²) in [6.07, 6.45) is -30.7. The number of ether oxygens (including phenoxy) is 8. The van der Waals surface area contributed by atoms with E-state index in [1.807, 2.05) is 30.3 Å². The molecule has 0 radical (unpaired) electrons. The second-order valence-electron chi connectivity index (χ2n) is 25.6. The normalized spacial score (nSPS) is 29.9. The van der Waals surface area contributed by atoms with Gasteiger partial charge in [0.2, 0.25) is 29.9 Å². The summed E-state index contributed by atoms with van der Waals surface area (Å²) < 4.78 is 46.8. The van der Waals surface area contributed by atoms with Gasteiger partial charge in [-0.25, -0.2) is 0 Å². The monoisotopic (exact) mass is 1470 g/mol. The van der Waals surface area contributed by atoms with E-state index in [4.69, 9.17) is 55.1 Å². The summed E-state index contributed by atoms with van der Waals surface area (Å²) in [4.78, 5) is 79.4. The number of nitrogens with two attached hydrogens (primary N) is 3. The van der Waals surface area contributed by atoms with Gasteiger partial charge in [0.05, 0.1) is 71.4 Å². The fraction of sp³-hybridized carbons (Fsp3) is 0.537. The molecule has 0 aliphatic carbocycles. The molecule has 25 atom stereocenters. The zero-order valence-electron chi connectivity index (χ0n) is 56.4. The third-order valence-corrected chi connectivity index (χ3v) is 18.6. The number of nitrogens with one attached hydrogen (secondary N) is 5. The van der Waals surface area contributed by atoms with E-state index in [1.54, 1.807) is 55.5 Å². The van der Waals surface area contributed by atoms with Crippen LogP contribution >= 0.6 is 0 Å². The van der Waals surface area contributed by atoms with Crippen molar-refractivity contribution in [3.63, 3.8) is 0 Å². The summed E-state index contributed by atoms with van der Waals surface area (Å²) in [5.74, 6) is -5.38. The van der Waals surface area contributed by atoms with Crippen LogP contribution in [0.25, 0.3) is 0 Å². The van der Waals surface area contributed by atoms with E-state index >= 15 is 4.79 Å². The maximum atomic E-state index is 15.0. The lowest BCUT2D eigenvalue weighted by Gasteiger charge is -2.46. The highest BCUT2D eigenvalue weighted by Gasteiger charge is 2.54. The predicted octanol–water partition coefficient (Wildman–Crippen LogP) is -8.89. The maximum Gasteiger partial charge on any atom is 0.246 e. The van der Waals surface area contributed by atoms with Gasteiger partial charge < -0.3 is 158 Å². The number of rotatable bonds is 33. The number of amides is 4. The van der Waals surface area contributed by atoms with Gasteiger partial charge in [0.25, 0.3) is 0 Å². The van der Waals surface area contributed by atoms with Crippen LogP contribution < -0.4 is 58.0 Å². The Bertz CT molecular complexity index is 3540. The molecule has 37 nitrogen and oxygen atoms in total. The second kappa shape index (κ2) is 36.5. The molecule has 0 aromatic heterocycles. The van der Waals surface area contributed by atoms with Gasteiger partial charge in [-0.15, -0.1) is 0 Å². The number of aldehydes is 1. The Morgan fingerprint density at radius 2 is 1.24 bits per heavy atom. The number of nitrogens with zero attached hydrogens (tertiary/aromatic N) is 3. The van der Waals surface area contributed by atoms with Crippen LogP contribution in [-0.4, -0.2) is 306 Å². The Hall–Kier alpha value is -8.39. The zero-order valence-corrected chi connectivity index (χ0v) is 56.4. The van der Waals surface area contributed by atoms with E-state index in [1.165, 1.54) is 31.4 Å². The number of guanidine groups is 2. The Kier molecular flexibility index (Phi) is 28.0. The van der Waals surface area contributed by atoms with Crippen molar-refractivity contribution in [1.82, 2.24) is 31.5 Å². The molecule has 0 spiro atoms. The van der Waals surface area contributed by atoms with Crippen molar-refractivity contribution in [3.05, 3.63) is 125 Å². The summed E-state index contributed by atoms with van der Waals surface area (Å²) in [6.45, 7) is -2.59. The van der Waals surface area contributed by atoms with Gasteiger partial charge in [-0.1, -0.05) is 85.8 Å². The van der Waals surface area contributed by atoms with Gasteiger partial charge >= 0.3 is 0 Å². The average Bonchev–Trinajstić information content (AvgIpc) is 1.43. The third-order valence-electron chi connectivity index (χ3n) is 18.6. The molecule has 3 saturated heterocycles. The molecule has 4 aromatic rings. The minimum atomic E-state index is -2.27. The highest BCUT2D eigenvalue weighted by atomic mass is 16.7. The Labute approximate surface area is 595 Å². The first-order chi connectivity index (χ1) is 49.8. The van der Waals surface area contributed by atoms with Gasteiger partial charge in [0.15, 0.2) is 35.9 Å². The van der Waals surface area contributed by atoms with E-state index in [9.17, 15) is 85.6 Å². The molecule has 0 saturated carbocycles. The van der Waals surface area contributed by atoms with Gasteiger partial charge in [-0.3, -0.25) is 29.2 Å². The molecule has 5 aliphatic rings. The number of benzene rings is 4. The Morgan fingerprint density at radius 1 is 0.635 bits per heavy atom. The fourth-order valence-corrected chi connectivity index (χ4v) is 12.5. The van der Waals surface area contributed by atoms with Crippen LogP contribution in [0.15, 0.2) is 113 Å². The van der Waals surface area contributed by atoms with Gasteiger partial charge in [0, 0.05) is 12.3 Å². The molecule has 20 unspecified atom stereocenters. The molecule has 24 N–H and O–H groups in total. The number of aliphatic hydroxyl groups is 13. The van der Waals surface area contributed by atoms with Crippen molar-refractivity contribution in [1.29, 1.82) is 0 Å². The van der Waals surface area contributed by atoms with Crippen LogP contribution in [0.5, 0.6) is 17.2 Å². The first kappa shape index (κ1) is 79.7. The largest absolute Gasteiger partial charge is 0.493 e. The summed E-state index contributed by atoms with van der Waals surface area (Å²) in [6, 6.07) is 16.5. The lowest BCUT2D eigenvalue weighted by Crippen LogP contribution is -2.70. The SMILES string of the molecule is COc1ccc(COC2C(CO)OC(OC3C(CO)OC(Oc4ccc(C[C@H](NC(=O)[C@@H](N)C(C)c5ccccc5)C(=O)N[C@H](C(=O)N[C@H](C(=O)N[C@H](C=O)CO)C(O)C5CN=C(N)N5C5OC(CO)C(O)C(O)C5O)C(O)C5CN=C(N)N5)cc4)C(O)C3O)C(O)C2O)cc1OCc1ccccc1. The summed E-state index contributed by atoms with van der Waals surface area (Å²) in [7, 11) is 1.48. The van der Waals surface area contributed by atoms with Crippen LogP contribution in [0.3, 0.4) is 0 Å². The molecule has 9 rings (SSSR count). The molecule has 104 heavy (non-hydrogen) atoms. The first-order valence-corrected chi connectivity index (χ1v) is 33.3. The van der Waals surface area contributed by atoms with E-state index in [0.29, 0.717) is 22.6 Å². The van der Waals surface area contributed by atoms with Crippen LogP contribution in [0, 0.1) is 0 Å². The second-order valence-corrected chi connectivity index (χ2v) is 25.6. The smallest absolute Gasteiger partial charge is 0.246 e. The topological polar surface area (TPSA) is 588 Å². The fourth-order valence-electron chi connectivity index (χ4n) is 12.5. The van der Waals surface area contributed by atoms with E-state index in [2.05, 4.69) is 36.6 Å². The average molecular weight is 1470 g/mol. The highest BCUT2D eigenvalue weighted by molar-refractivity contribution is 5.96. The number of hydrogen-bond acceptors (Lipinski definition) is 33. The number of aliphatic hydroxyl groups excluding tert-OH is 13. The van der Waals surface area contributed by atoms with E-state index in [-0.39, 0.29) is 43.3 Å². The lowest BCUT2D eigenvalue weighted by atomic mass is 9.93. The molecule has 37 heteroatoms. The summed E-state index contributed by atoms with van der Waals surface area (Å²) in [5.41, 5.74) is 21.0. The molecule has 570 valence electrons. The quantitative estimate of drug-likeness (QED) is 0.0197. The standard InChI is InChI=1S/C67H91N11O26/c1-30(34-11-7-4-8-12-34)45(68)60(94)74-37(59(93)76-46(48(84)38-21-71-66(69)75-38)62(96)77-47(61(95)73-35(23-79)24-80)49(85)39-22-72-67(70)78(39)63-54(90)51(87)50(86)42(25-81)101-63)19-31-13-16-36(17-14-31)100-64-56(92)53(89)58(44(27-83)103-64)104-65-55(91)52(88)57(43(26-82)102-65)99-29-33-15-18-40(97-2)41(20-33)98-28-32-9-5-3-6-10-32/h3-18,20,23,30,35,37-39,42-58,63-65,80-92H,19,21-22,24-29,68H2,1-2H3,(H2,70,72)(H,73,95)(H,74,94)(H,76,93)(H,77,96)(H3,69,71,75)/t30?,35-,37+,38?,39?,42?,43?,44?,45+,46+,47+,48?,49?,50?,51?,52?,53?,54?,55?,56?,57?,58?,63?,64?,65?/m1/s1. The number of methoxy groups -OCH3 is 1. The van der Waals surface area contributed by atoms with Gasteiger partial charge in [-0.2, -0.15) is 0 Å². The van der Waals surface area contributed by atoms with Crippen molar-refractivity contribution in [2.75, 3.05) is 46.6 Å². The first-order valence-electron chi connectivity index (χ1n) is 33.3. The number of carbonyl (C=O) groups excluding carboxylic acids is 5. The number of hydrogen-bond donors (Lipinski definition) is 21. The minimum absolute atomic E-state index is 0.0471. The summed E-state index contributed by atoms with van der Waals surface area (Å²) in [5, 5.41) is 155. The molecular formula is C67H91N11O26. The molecule has 5 heterocycles. The van der Waals surface area contributed by atoms with Crippen molar-refractivity contribution in [3.8, 4) is 17.2 Å². The molecule has 3 fully saturated rings. The van der Waals surface area contributed by atoms with Crippen molar-refractivity contribution in [2.45, 2.75) is 179 Å². The zero-order chi connectivity index (χ0) is 75.2. The van der Waals surface area contributed by atoms with Crippen LogP contribution in [0.4, 0.5) is 0 Å². The molecular weight excluding hydrogens is 1370 g/mol. The molecule has 4 amide bonds. The van der Waals surface area contributed by atoms with E-state index in [0.717, 1.165) is 10.5 Å². The molecule has 5 aliphatic heterocycles. The van der Waals surface area contributed by atoms with Crippen molar-refractivity contribution >= 4 is 41.8 Å². The Morgan fingerprint density at radius 3 is 1.88 bits per heavy atom. The van der Waals surface area contributed by atoms with Crippen LogP contribution in [0.2, 0.25) is 0 Å². The number of carbonyl (C=O) groups is 5. The Balaban J connectivity index is 0.903. The third kappa shape index (κ3) is 18.8. The van der Waals surface area contributed by atoms with Crippen molar-refractivity contribution in [2.24, 2.45) is 27.2 Å². The van der Waals surface area contributed by atoms with Crippen molar-refractivity contribution < 1.29 is 128 Å². The minimum Gasteiger partial charge on any atom is -0.493 e. The van der Waals surface area contributed by atoms with Crippen LogP contribution in [0.1, 0.15) is 35.1 Å². The lowest BCUT2D eigenvalue weighted by molar-refractivity contribution is -0.355. The molecule has 4 aromatic carbocycles. The van der Waals surface area contributed by atoms with Gasteiger partial charge in [0.1, 0.15) is 128 Å². The number of aliphatic imine (C=N–C) groups is 2. The summed E-state index contributed by atoms with van der Waals surface area (Å²) >= 11 is 0. The highest BCUT2D eigenvalue weighted by Crippen LogP contribution is 2.35. The molecule has 0 bridgehead atoms. The van der Waals surface area contributed by atoms with Gasteiger partial charge in [-0.05, 0) is 46.5 Å². The van der Waals surface area contributed by atoms with Crippen LogP contribution in [-0.2, 0) is 67.3 Å². The predicted molar refractivity (Wildman–Crippen MR) is 359 cm³/mol.